The summed E-state index contributed by atoms with van der Waals surface area (Å²) < 4.78 is 4.74. The molecular weight excluding hydrogens is 202 g/mol. The third-order valence-electron chi connectivity index (χ3n) is 3.56. The summed E-state index contributed by atoms with van der Waals surface area (Å²) in [5, 5.41) is 3.29. The fourth-order valence-corrected chi connectivity index (χ4v) is 2.47. The summed E-state index contributed by atoms with van der Waals surface area (Å²) in [4.78, 5) is 11.3. The molecule has 0 aromatic rings. The van der Waals surface area contributed by atoms with Gasteiger partial charge in [0, 0.05) is 0 Å². The Morgan fingerprint density at radius 3 is 2.62 bits per heavy atom. The summed E-state index contributed by atoms with van der Waals surface area (Å²) >= 11 is 0. The van der Waals surface area contributed by atoms with Crippen LogP contribution >= 0.6 is 0 Å². The maximum absolute atomic E-state index is 11.3. The van der Waals surface area contributed by atoms with Gasteiger partial charge >= 0.3 is 5.97 Å². The van der Waals surface area contributed by atoms with Crippen molar-refractivity contribution < 1.29 is 9.53 Å². The minimum atomic E-state index is -0.133. The van der Waals surface area contributed by atoms with Gasteiger partial charge < -0.3 is 10.1 Å². The highest BCUT2D eigenvalue weighted by Gasteiger charge is 2.17. The smallest absolute Gasteiger partial charge is 0.322 e. The van der Waals surface area contributed by atoms with Gasteiger partial charge in [0.2, 0.25) is 0 Å². The van der Waals surface area contributed by atoms with E-state index in [2.05, 4.69) is 5.32 Å². The highest BCUT2D eigenvalue weighted by atomic mass is 16.5. The van der Waals surface area contributed by atoms with Crippen molar-refractivity contribution in [3.8, 4) is 0 Å². The van der Waals surface area contributed by atoms with E-state index in [1.807, 2.05) is 6.92 Å². The molecule has 3 nitrogen and oxygen atoms in total. The van der Waals surface area contributed by atoms with Crippen LogP contribution in [0, 0.1) is 5.92 Å². The van der Waals surface area contributed by atoms with E-state index in [0.717, 1.165) is 18.9 Å². The third kappa shape index (κ3) is 4.52. The first-order valence-electron chi connectivity index (χ1n) is 6.59. The van der Waals surface area contributed by atoms with Gasteiger partial charge in [0.15, 0.2) is 0 Å². The highest BCUT2D eigenvalue weighted by molar-refractivity contribution is 5.75. The van der Waals surface area contributed by atoms with Gasteiger partial charge in [-0.15, -0.1) is 0 Å². The Balaban J connectivity index is 2.14. The molecule has 0 radical (unpaired) electrons. The van der Waals surface area contributed by atoms with Crippen molar-refractivity contribution in [2.75, 3.05) is 13.7 Å². The number of nitrogens with one attached hydrogen (secondary N) is 1. The van der Waals surface area contributed by atoms with Crippen molar-refractivity contribution in [1.29, 1.82) is 0 Å². The molecule has 0 spiro atoms. The zero-order valence-electron chi connectivity index (χ0n) is 10.6. The average molecular weight is 227 g/mol. The number of esters is 1. The second-order valence-electron chi connectivity index (χ2n) is 4.73. The zero-order valence-corrected chi connectivity index (χ0v) is 10.6. The first kappa shape index (κ1) is 13.5. The van der Waals surface area contributed by atoms with Crippen LogP contribution in [0.4, 0.5) is 0 Å². The Morgan fingerprint density at radius 2 is 2.06 bits per heavy atom. The van der Waals surface area contributed by atoms with Crippen LogP contribution in [0.1, 0.15) is 51.9 Å². The maximum Gasteiger partial charge on any atom is 0.322 e. The molecule has 94 valence electrons. The normalized spacial score (nSPS) is 19.4. The number of hydrogen-bond acceptors (Lipinski definition) is 3. The van der Waals surface area contributed by atoms with Crippen molar-refractivity contribution in [2.45, 2.75) is 57.9 Å². The van der Waals surface area contributed by atoms with Crippen LogP contribution < -0.4 is 5.32 Å². The molecule has 0 aliphatic heterocycles. The van der Waals surface area contributed by atoms with Crippen LogP contribution in [0.5, 0.6) is 0 Å². The minimum absolute atomic E-state index is 0.117. The molecule has 0 amide bonds. The number of rotatable bonds is 6. The topological polar surface area (TPSA) is 38.3 Å². The van der Waals surface area contributed by atoms with Crippen molar-refractivity contribution in [3.63, 3.8) is 0 Å². The first-order chi connectivity index (χ1) is 7.77. The van der Waals surface area contributed by atoms with Gasteiger partial charge in [0.25, 0.3) is 0 Å². The Morgan fingerprint density at radius 1 is 1.38 bits per heavy atom. The van der Waals surface area contributed by atoms with Crippen LogP contribution in [0.3, 0.4) is 0 Å². The molecule has 1 fully saturated rings. The molecule has 0 heterocycles. The van der Waals surface area contributed by atoms with Gasteiger partial charge in [0.05, 0.1) is 7.11 Å². The third-order valence-corrected chi connectivity index (χ3v) is 3.56. The summed E-state index contributed by atoms with van der Waals surface area (Å²) in [6.07, 6.45) is 8.93. The monoisotopic (exact) mass is 227 g/mol. The number of carbonyl (C=O) groups is 1. The summed E-state index contributed by atoms with van der Waals surface area (Å²) in [6, 6.07) is -0.117. The van der Waals surface area contributed by atoms with E-state index < -0.39 is 0 Å². The van der Waals surface area contributed by atoms with Crippen molar-refractivity contribution >= 4 is 5.97 Å². The quantitative estimate of drug-likeness (QED) is 0.709. The van der Waals surface area contributed by atoms with Gasteiger partial charge in [-0.2, -0.15) is 0 Å². The van der Waals surface area contributed by atoms with Gasteiger partial charge in [0.1, 0.15) is 6.04 Å². The highest BCUT2D eigenvalue weighted by Crippen LogP contribution is 2.25. The fraction of sp³-hybridized carbons (Fsp3) is 0.923. The van der Waals surface area contributed by atoms with Gasteiger partial charge in [-0.25, -0.2) is 0 Å². The molecule has 1 saturated carbocycles. The van der Waals surface area contributed by atoms with E-state index in [1.54, 1.807) is 0 Å². The predicted molar refractivity (Wildman–Crippen MR) is 65.3 cm³/mol. The maximum atomic E-state index is 11.3. The lowest BCUT2D eigenvalue weighted by molar-refractivity contribution is -0.143. The Labute approximate surface area is 98.9 Å². The molecule has 1 atom stereocenters. The molecule has 16 heavy (non-hydrogen) atoms. The van der Waals surface area contributed by atoms with Gasteiger partial charge in [-0.05, 0) is 25.3 Å². The Kier molecular flexibility index (Phi) is 6.46. The lowest BCUT2D eigenvalue weighted by Crippen LogP contribution is -2.38. The Hall–Kier alpha value is -0.570. The number of ether oxygens (including phenoxy) is 1. The molecule has 0 bridgehead atoms. The SMILES string of the molecule is CCC(NCCC1CCCCC1)C(=O)OC. The van der Waals surface area contributed by atoms with Crippen LogP contribution in [-0.4, -0.2) is 25.7 Å². The predicted octanol–water partition coefficient (Wildman–Crippen LogP) is 2.50. The van der Waals surface area contributed by atoms with E-state index in [4.69, 9.17) is 4.74 Å². The first-order valence-corrected chi connectivity index (χ1v) is 6.59. The second-order valence-corrected chi connectivity index (χ2v) is 4.73. The van der Waals surface area contributed by atoms with E-state index >= 15 is 0 Å². The molecule has 1 aliphatic rings. The van der Waals surface area contributed by atoms with E-state index in [-0.39, 0.29) is 12.0 Å². The summed E-state index contributed by atoms with van der Waals surface area (Å²) in [5.74, 6) is 0.738. The minimum Gasteiger partial charge on any atom is -0.468 e. The van der Waals surface area contributed by atoms with Crippen molar-refractivity contribution in [2.24, 2.45) is 5.92 Å². The molecule has 0 aromatic heterocycles. The fourth-order valence-electron chi connectivity index (χ4n) is 2.47. The second kappa shape index (κ2) is 7.66. The summed E-state index contributed by atoms with van der Waals surface area (Å²) in [5.41, 5.74) is 0. The van der Waals surface area contributed by atoms with E-state index in [1.165, 1.54) is 45.6 Å². The van der Waals surface area contributed by atoms with E-state index in [9.17, 15) is 4.79 Å². The summed E-state index contributed by atoms with van der Waals surface area (Å²) in [6.45, 7) is 2.95. The molecule has 1 rings (SSSR count). The van der Waals surface area contributed by atoms with E-state index in [0.29, 0.717) is 0 Å². The number of carbonyl (C=O) groups excluding carboxylic acids is 1. The number of methoxy groups -OCH3 is 1. The van der Waals surface area contributed by atoms with Crippen LogP contribution in [0.2, 0.25) is 0 Å². The molecule has 1 unspecified atom stereocenters. The average Bonchev–Trinajstić information content (AvgIpc) is 2.35. The Bertz CT molecular complexity index is 200. The largest absolute Gasteiger partial charge is 0.468 e. The lowest BCUT2D eigenvalue weighted by Gasteiger charge is -2.22. The zero-order chi connectivity index (χ0) is 11.8. The van der Waals surface area contributed by atoms with Crippen molar-refractivity contribution in [3.05, 3.63) is 0 Å². The van der Waals surface area contributed by atoms with Crippen molar-refractivity contribution in [1.82, 2.24) is 5.32 Å². The summed E-state index contributed by atoms with van der Waals surface area (Å²) in [7, 11) is 1.45. The number of hydrogen-bond donors (Lipinski definition) is 1. The molecule has 0 aromatic carbocycles. The standard InChI is InChI=1S/C13H25NO2/c1-3-12(13(15)16-2)14-10-9-11-7-5-4-6-8-11/h11-12,14H,3-10H2,1-2H3. The lowest BCUT2D eigenvalue weighted by atomic mass is 9.87. The van der Waals surface area contributed by atoms with Gasteiger partial charge in [-0.1, -0.05) is 39.0 Å². The van der Waals surface area contributed by atoms with Crippen LogP contribution in [-0.2, 0) is 9.53 Å². The van der Waals surface area contributed by atoms with Gasteiger partial charge in [-0.3, -0.25) is 4.79 Å². The molecule has 0 saturated heterocycles. The molecule has 1 aliphatic carbocycles. The molecular formula is C13H25NO2. The van der Waals surface area contributed by atoms with Crippen LogP contribution in [0.25, 0.3) is 0 Å². The van der Waals surface area contributed by atoms with Crippen LogP contribution in [0.15, 0.2) is 0 Å². The molecule has 1 N–H and O–H groups in total. The molecule has 3 heteroatoms.